The molecule has 0 saturated carbocycles. The van der Waals surface area contributed by atoms with Crippen molar-refractivity contribution in [3.63, 3.8) is 0 Å². The topological polar surface area (TPSA) is 68.8 Å². The van der Waals surface area contributed by atoms with Gasteiger partial charge in [0.25, 0.3) is 5.56 Å². The van der Waals surface area contributed by atoms with Crippen LogP contribution in [0.2, 0.25) is 0 Å². The first-order valence-corrected chi connectivity index (χ1v) is 9.34. The first-order valence-electron chi connectivity index (χ1n) is 8.46. The molecule has 0 bridgehead atoms. The van der Waals surface area contributed by atoms with Crippen LogP contribution in [0.5, 0.6) is 0 Å². The molecular weight excluding hydrogens is 340 g/mol. The number of thiophene rings is 1. The molecule has 1 aliphatic rings. The SMILES string of the molecule is CC[C@H](C(=O)N1CCOCC1)n1nc(C)n2c(cc3sccc32)c1=O. The summed E-state index contributed by atoms with van der Waals surface area (Å²) in [6.45, 7) is 5.98. The van der Waals surface area contributed by atoms with E-state index in [1.807, 2.05) is 35.8 Å². The average molecular weight is 360 g/mol. The van der Waals surface area contributed by atoms with Crippen molar-refractivity contribution in [3.05, 3.63) is 33.7 Å². The fourth-order valence-electron chi connectivity index (χ4n) is 3.45. The standard InChI is InChI=1S/C17H20N4O3S/c1-3-12(16(22)19-5-7-24-8-6-19)21-17(23)14-10-15-13(4-9-25-15)20(14)11(2)18-21/h4,9-10,12H,3,5-8H2,1-2H3/t12-/m1/s1. The molecule has 0 aromatic carbocycles. The lowest BCUT2D eigenvalue weighted by Gasteiger charge is -2.30. The molecule has 1 fully saturated rings. The normalized spacial score (nSPS) is 16.6. The molecule has 0 aliphatic carbocycles. The van der Waals surface area contributed by atoms with Crippen molar-refractivity contribution >= 4 is 33.0 Å². The number of morpholine rings is 1. The molecule has 1 saturated heterocycles. The van der Waals surface area contributed by atoms with Crippen LogP contribution in [0.15, 0.2) is 22.3 Å². The van der Waals surface area contributed by atoms with E-state index in [0.29, 0.717) is 44.1 Å². The molecule has 3 aromatic rings. The van der Waals surface area contributed by atoms with Gasteiger partial charge < -0.3 is 9.64 Å². The van der Waals surface area contributed by atoms with E-state index in [1.54, 1.807) is 16.2 Å². The van der Waals surface area contributed by atoms with Crippen molar-refractivity contribution in [2.24, 2.45) is 0 Å². The Morgan fingerprint density at radius 1 is 1.36 bits per heavy atom. The predicted molar refractivity (Wildman–Crippen MR) is 96.3 cm³/mol. The lowest BCUT2D eigenvalue weighted by Crippen LogP contribution is -2.46. The minimum atomic E-state index is -0.581. The summed E-state index contributed by atoms with van der Waals surface area (Å²) >= 11 is 1.59. The van der Waals surface area contributed by atoms with Crippen molar-refractivity contribution in [1.29, 1.82) is 0 Å². The molecule has 132 valence electrons. The number of carbonyl (C=O) groups excluding carboxylic acids is 1. The van der Waals surface area contributed by atoms with Crippen molar-refractivity contribution in [1.82, 2.24) is 19.1 Å². The van der Waals surface area contributed by atoms with E-state index in [1.165, 1.54) is 4.68 Å². The van der Waals surface area contributed by atoms with Crippen molar-refractivity contribution in [2.75, 3.05) is 26.3 Å². The van der Waals surface area contributed by atoms with Gasteiger partial charge in [-0.1, -0.05) is 6.92 Å². The van der Waals surface area contributed by atoms with E-state index in [2.05, 4.69) is 5.10 Å². The van der Waals surface area contributed by atoms with Gasteiger partial charge in [-0.3, -0.25) is 14.0 Å². The Bertz CT molecular complexity index is 997. The highest BCUT2D eigenvalue weighted by molar-refractivity contribution is 7.17. The first-order chi connectivity index (χ1) is 12.1. The molecule has 1 atom stereocenters. The molecule has 25 heavy (non-hydrogen) atoms. The van der Waals surface area contributed by atoms with Crippen LogP contribution in [0.3, 0.4) is 0 Å². The molecule has 1 aliphatic heterocycles. The Hall–Kier alpha value is -2.19. The smallest absolute Gasteiger partial charge is 0.291 e. The summed E-state index contributed by atoms with van der Waals surface area (Å²) in [6, 6.07) is 3.29. The maximum atomic E-state index is 13.0. The van der Waals surface area contributed by atoms with Crippen LogP contribution in [0, 0.1) is 6.92 Å². The zero-order valence-electron chi connectivity index (χ0n) is 14.3. The second-order valence-corrected chi connectivity index (χ2v) is 7.14. The molecule has 8 heteroatoms. The number of fused-ring (bicyclic) bond motifs is 3. The van der Waals surface area contributed by atoms with E-state index >= 15 is 0 Å². The minimum Gasteiger partial charge on any atom is -0.378 e. The van der Waals surface area contributed by atoms with Gasteiger partial charge in [0.2, 0.25) is 5.91 Å². The van der Waals surface area contributed by atoms with E-state index < -0.39 is 6.04 Å². The van der Waals surface area contributed by atoms with Crippen LogP contribution in [-0.4, -0.2) is 51.3 Å². The van der Waals surface area contributed by atoms with Gasteiger partial charge in [-0.15, -0.1) is 11.3 Å². The Balaban J connectivity index is 1.82. The van der Waals surface area contributed by atoms with Gasteiger partial charge in [-0.25, -0.2) is 4.68 Å². The highest BCUT2D eigenvalue weighted by Crippen LogP contribution is 2.25. The van der Waals surface area contributed by atoms with Crippen LogP contribution in [0.4, 0.5) is 0 Å². The summed E-state index contributed by atoms with van der Waals surface area (Å²) in [6.07, 6.45) is 0.522. The zero-order valence-corrected chi connectivity index (χ0v) is 15.1. The summed E-state index contributed by atoms with van der Waals surface area (Å²) in [4.78, 5) is 27.7. The largest absolute Gasteiger partial charge is 0.378 e. The number of nitrogens with zero attached hydrogens (tertiary/aromatic N) is 4. The number of amides is 1. The van der Waals surface area contributed by atoms with Gasteiger partial charge in [0.1, 0.15) is 17.4 Å². The van der Waals surface area contributed by atoms with E-state index in [-0.39, 0.29) is 11.5 Å². The van der Waals surface area contributed by atoms with Crippen molar-refractivity contribution in [3.8, 4) is 0 Å². The Morgan fingerprint density at radius 3 is 2.84 bits per heavy atom. The third-order valence-electron chi connectivity index (χ3n) is 4.72. The summed E-state index contributed by atoms with van der Waals surface area (Å²) in [7, 11) is 0. The quantitative estimate of drug-likeness (QED) is 0.715. The number of rotatable bonds is 3. The third-order valence-corrected chi connectivity index (χ3v) is 5.57. The number of aryl methyl sites for hydroxylation is 1. The van der Waals surface area contributed by atoms with Crippen molar-refractivity contribution < 1.29 is 9.53 Å². The average Bonchev–Trinajstić information content (AvgIpc) is 3.21. The lowest BCUT2D eigenvalue weighted by atomic mass is 10.2. The maximum Gasteiger partial charge on any atom is 0.291 e. The highest BCUT2D eigenvalue weighted by Gasteiger charge is 2.28. The van der Waals surface area contributed by atoms with Crippen molar-refractivity contribution in [2.45, 2.75) is 26.3 Å². The summed E-state index contributed by atoms with van der Waals surface area (Å²) < 4.78 is 9.60. The van der Waals surface area contributed by atoms with Gasteiger partial charge in [0.15, 0.2) is 0 Å². The van der Waals surface area contributed by atoms with Gasteiger partial charge in [0.05, 0.1) is 23.4 Å². The first kappa shape index (κ1) is 16.3. The fraction of sp³-hybridized carbons (Fsp3) is 0.471. The summed E-state index contributed by atoms with van der Waals surface area (Å²) in [5.41, 5.74) is 1.34. The molecule has 0 N–H and O–H groups in total. The summed E-state index contributed by atoms with van der Waals surface area (Å²) in [5, 5.41) is 6.48. The molecular formula is C17H20N4O3S. The number of hydrogen-bond donors (Lipinski definition) is 0. The molecule has 4 rings (SSSR count). The van der Waals surface area contributed by atoms with Crippen LogP contribution >= 0.6 is 11.3 Å². The van der Waals surface area contributed by atoms with Gasteiger partial charge in [-0.05, 0) is 30.9 Å². The number of aromatic nitrogens is 3. The lowest BCUT2D eigenvalue weighted by molar-refractivity contribution is -0.139. The minimum absolute atomic E-state index is 0.0579. The Labute approximate surface area is 148 Å². The van der Waals surface area contributed by atoms with Crippen LogP contribution in [0.25, 0.3) is 15.7 Å². The zero-order chi connectivity index (χ0) is 17.6. The molecule has 0 spiro atoms. The van der Waals surface area contributed by atoms with Crippen LogP contribution in [0.1, 0.15) is 25.2 Å². The third kappa shape index (κ3) is 2.56. The van der Waals surface area contributed by atoms with Gasteiger partial charge in [-0.2, -0.15) is 5.10 Å². The Kier molecular flexibility index (Phi) is 4.09. The number of ether oxygens (including phenoxy) is 1. The maximum absolute atomic E-state index is 13.0. The van der Waals surface area contributed by atoms with Gasteiger partial charge in [0, 0.05) is 13.1 Å². The van der Waals surface area contributed by atoms with E-state index in [4.69, 9.17) is 4.74 Å². The monoisotopic (exact) mass is 360 g/mol. The van der Waals surface area contributed by atoms with E-state index in [0.717, 1.165) is 10.2 Å². The highest BCUT2D eigenvalue weighted by atomic mass is 32.1. The molecule has 3 aromatic heterocycles. The second kappa shape index (κ2) is 6.27. The van der Waals surface area contributed by atoms with Crippen LogP contribution in [-0.2, 0) is 9.53 Å². The number of carbonyl (C=O) groups is 1. The second-order valence-electron chi connectivity index (χ2n) is 6.19. The predicted octanol–water partition coefficient (Wildman–Crippen LogP) is 1.83. The van der Waals surface area contributed by atoms with Crippen LogP contribution < -0.4 is 5.56 Å². The molecule has 7 nitrogen and oxygen atoms in total. The Morgan fingerprint density at radius 2 is 2.12 bits per heavy atom. The number of hydrogen-bond acceptors (Lipinski definition) is 5. The van der Waals surface area contributed by atoms with E-state index in [9.17, 15) is 9.59 Å². The molecule has 0 unspecified atom stereocenters. The molecule has 0 radical (unpaired) electrons. The van der Waals surface area contributed by atoms with Gasteiger partial charge >= 0.3 is 0 Å². The fourth-order valence-corrected chi connectivity index (χ4v) is 4.26. The molecule has 4 heterocycles. The summed E-state index contributed by atoms with van der Waals surface area (Å²) in [5.74, 6) is 0.647. The molecule has 1 amide bonds.